The second kappa shape index (κ2) is 7.05. The quantitative estimate of drug-likeness (QED) is 0.886. The van der Waals surface area contributed by atoms with Gasteiger partial charge in [-0.15, -0.1) is 0 Å². The minimum atomic E-state index is -1.17. The number of aliphatic hydroxyl groups is 1. The van der Waals surface area contributed by atoms with Crippen molar-refractivity contribution in [3.63, 3.8) is 0 Å². The summed E-state index contributed by atoms with van der Waals surface area (Å²) in [6.07, 6.45) is -1.17. The van der Waals surface area contributed by atoms with Gasteiger partial charge in [-0.1, -0.05) is 35.3 Å². The summed E-state index contributed by atoms with van der Waals surface area (Å²) in [5.41, 5.74) is -0.0690. The van der Waals surface area contributed by atoms with E-state index >= 15 is 0 Å². The molecular weight excluding hydrogens is 335 g/mol. The summed E-state index contributed by atoms with van der Waals surface area (Å²) < 4.78 is 26.9. The first-order valence-corrected chi connectivity index (χ1v) is 7.01. The topological polar surface area (TPSA) is 49.3 Å². The zero-order chi connectivity index (χ0) is 16.3. The Morgan fingerprint density at radius 1 is 1.14 bits per heavy atom. The standard InChI is InChI=1S/C15H11Cl2F2NO2/c16-9-5-4-8(6-12(9)19)13(21)7-20-15(22)14-10(17)2-1-3-11(14)18/h1-6,13,21H,7H2,(H,20,22). The first-order chi connectivity index (χ1) is 10.4. The molecular formula is C15H11Cl2F2NO2. The van der Waals surface area contributed by atoms with Gasteiger partial charge in [0.05, 0.1) is 21.7 Å². The predicted molar refractivity (Wildman–Crippen MR) is 80.1 cm³/mol. The molecule has 1 amide bonds. The molecule has 0 aliphatic rings. The lowest BCUT2D eigenvalue weighted by atomic mass is 10.1. The van der Waals surface area contributed by atoms with E-state index in [4.69, 9.17) is 23.2 Å². The third-order valence-corrected chi connectivity index (χ3v) is 3.60. The molecule has 0 aromatic heterocycles. The summed E-state index contributed by atoms with van der Waals surface area (Å²) in [5, 5.41) is 12.2. The number of benzene rings is 2. The zero-order valence-corrected chi connectivity index (χ0v) is 12.6. The number of carbonyl (C=O) groups excluding carboxylic acids is 1. The van der Waals surface area contributed by atoms with Crippen molar-refractivity contribution in [1.82, 2.24) is 5.32 Å². The lowest BCUT2D eigenvalue weighted by molar-refractivity contribution is 0.0912. The first-order valence-electron chi connectivity index (χ1n) is 6.25. The molecule has 0 spiro atoms. The van der Waals surface area contributed by atoms with Crippen LogP contribution < -0.4 is 5.32 Å². The Bertz CT molecular complexity index is 690. The monoisotopic (exact) mass is 345 g/mol. The van der Waals surface area contributed by atoms with E-state index in [1.807, 2.05) is 0 Å². The van der Waals surface area contributed by atoms with Gasteiger partial charge in [-0.25, -0.2) is 8.78 Å². The molecule has 2 N–H and O–H groups in total. The van der Waals surface area contributed by atoms with Gasteiger partial charge in [0.2, 0.25) is 0 Å². The van der Waals surface area contributed by atoms with E-state index in [2.05, 4.69) is 5.32 Å². The molecule has 0 radical (unpaired) electrons. The maximum absolute atomic E-state index is 13.6. The van der Waals surface area contributed by atoms with Gasteiger partial charge in [0.15, 0.2) is 0 Å². The number of nitrogens with one attached hydrogen (secondary N) is 1. The smallest absolute Gasteiger partial charge is 0.255 e. The van der Waals surface area contributed by atoms with E-state index in [-0.39, 0.29) is 27.7 Å². The molecule has 0 bridgehead atoms. The lowest BCUT2D eigenvalue weighted by Gasteiger charge is -2.13. The third kappa shape index (κ3) is 3.74. The normalized spacial score (nSPS) is 12.0. The molecule has 1 unspecified atom stereocenters. The molecule has 3 nitrogen and oxygen atoms in total. The summed E-state index contributed by atoms with van der Waals surface area (Å²) in [6.45, 7) is -0.232. The minimum absolute atomic E-state index is 0.0375. The van der Waals surface area contributed by atoms with E-state index < -0.39 is 23.6 Å². The summed E-state index contributed by atoms with van der Waals surface area (Å²) in [4.78, 5) is 11.9. The van der Waals surface area contributed by atoms with Crippen molar-refractivity contribution in [3.8, 4) is 0 Å². The van der Waals surface area contributed by atoms with Crippen LogP contribution in [0.2, 0.25) is 10.0 Å². The molecule has 0 saturated heterocycles. The number of hydrogen-bond acceptors (Lipinski definition) is 2. The lowest BCUT2D eigenvalue weighted by Crippen LogP contribution is -2.29. The van der Waals surface area contributed by atoms with Crippen molar-refractivity contribution in [2.45, 2.75) is 6.10 Å². The summed E-state index contributed by atoms with van der Waals surface area (Å²) in [7, 11) is 0. The van der Waals surface area contributed by atoms with Crippen LogP contribution in [0.1, 0.15) is 22.0 Å². The van der Waals surface area contributed by atoms with Gasteiger partial charge >= 0.3 is 0 Å². The molecule has 0 heterocycles. The van der Waals surface area contributed by atoms with Gasteiger partial charge in [0.25, 0.3) is 5.91 Å². The molecule has 7 heteroatoms. The first kappa shape index (κ1) is 16.7. The number of amides is 1. The van der Waals surface area contributed by atoms with Crippen LogP contribution in [-0.4, -0.2) is 17.6 Å². The predicted octanol–water partition coefficient (Wildman–Crippen LogP) is 3.74. The van der Waals surface area contributed by atoms with Gasteiger partial charge < -0.3 is 10.4 Å². The molecule has 0 aliphatic carbocycles. The summed E-state index contributed by atoms with van der Waals surface area (Å²) >= 11 is 11.3. The van der Waals surface area contributed by atoms with Crippen molar-refractivity contribution in [1.29, 1.82) is 0 Å². The van der Waals surface area contributed by atoms with E-state index in [9.17, 15) is 18.7 Å². The SMILES string of the molecule is O=C(NCC(O)c1ccc(Cl)c(F)c1)c1c(F)cccc1Cl. The van der Waals surface area contributed by atoms with Crippen molar-refractivity contribution in [2.75, 3.05) is 6.54 Å². The molecule has 22 heavy (non-hydrogen) atoms. The Kier molecular flexibility index (Phi) is 5.34. The fourth-order valence-electron chi connectivity index (χ4n) is 1.83. The van der Waals surface area contributed by atoms with Crippen molar-refractivity contribution >= 4 is 29.1 Å². The van der Waals surface area contributed by atoms with Crippen LogP contribution in [0.25, 0.3) is 0 Å². The number of halogens is 4. The van der Waals surface area contributed by atoms with Crippen LogP contribution in [0.5, 0.6) is 0 Å². The van der Waals surface area contributed by atoms with Gasteiger partial charge in [0, 0.05) is 6.54 Å². The Morgan fingerprint density at radius 2 is 1.86 bits per heavy atom. The fraction of sp³-hybridized carbons (Fsp3) is 0.133. The van der Waals surface area contributed by atoms with Crippen LogP contribution in [0.4, 0.5) is 8.78 Å². The van der Waals surface area contributed by atoms with Gasteiger partial charge in [-0.3, -0.25) is 4.79 Å². The largest absolute Gasteiger partial charge is 0.387 e. The zero-order valence-electron chi connectivity index (χ0n) is 11.1. The highest BCUT2D eigenvalue weighted by atomic mass is 35.5. The maximum Gasteiger partial charge on any atom is 0.255 e. The number of rotatable bonds is 4. The van der Waals surface area contributed by atoms with Crippen molar-refractivity contribution in [2.24, 2.45) is 0 Å². The van der Waals surface area contributed by atoms with E-state index in [0.717, 1.165) is 12.1 Å². The second-order valence-corrected chi connectivity index (χ2v) is 5.31. The molecule has 1 atom stereocenters. The average molecular weight is 346 g/mol. The maximum atomic E-state index is 13.6. The molecule has 116 valence electrons. The Morgan fingerprint density at radius 3 is 2.50 bits per heavy atom. The van der Waals surface area contributed by atoms with E-state index in [1.54, 1.807) is 0 Å². The van der Waals surface area contributed by atoms with Gasteiger partial charge in [-0.2, -0.15) is 0 Å². The highest BCUT2D eigenvalue weighted by Gasteiger charge is 2.17. The van der Waals surface area contributed by atoms with Crippen LogP contribution >= 0.6 is 23.2 Å². The molecule has 0 aliphatic heterocycles. The molecule has 0 fully saturated rings. The summed E-state index contributed by atoms with van der Waals surface area (Å²) in [5.74, 6) is -2.21. The molecule has 0 saturated carbocycles. The minimum Gasteiger partial charge on any atom is -0.387 e. The Balaban J connectivity index is 2.06. The fourth-order valence-corrected chi connectivity index (χ4v) is 2.20. The molecule has 2 aromatic carbocycles. The van der Waals surface area contributed by atoms with Gasteiger partial charge in [0.1, 0.15) is 11.6 Å². The number of carbonyl (C=O) groups is 1. The second-order valence-electron chi connectivity index (χ2n) is 4.50. The van der Waals surface area contributed by atoms with Crippen molar-refractivity contribution in [3.05, 3.63) is 69.2 Å². The molecule has 2 rings (SSSR count). The van der Waals surface area contributed by atoms with Crippen molar-refractivity contribution < 1.29 is 18.7 Å². The van der Waals surface area contributed by atoms with E-state index in [1.165, 1.54) is 24.3 Å². The Hall–Kier alpha value is -1.69. The molecule has 2 aromatic rings. The third-order valence-electron chi connectivity index (χ3n) is 2.97. The highest BCUT2D eigenvalue weighted by Crippen LogP contribution is 2.21. The van der Waals surface area contributed by atoms with E-state index in [0.29, 0.717) is 0 Å². The average Bonchev–Trinajstić information content (AvgIpc) is 2.47. The Labute approximate surface area is 135 Å². The number of aliphatic hydroxyl groups excluding tert-OH is 1. The van der Waals surface area contributed by atoms with Crippen LogP contribution in [0.15, 0.2) is 36.4 Å². The highest BCUT2D eigenvalue weighted by molar-refractivity contribution is 6.33. The van der Waals surface area contributed by atoms with Crippen LogP contribution in [0, 0.1) is 11.6 Å². The van der Waals surface area contributed by atoms with Gasteiger partial charge in [-0.05, 0) is 29.8 Å². The van der Waals surface area contributed by atoms with Crippen LogP contribution in [0.3, 0.4) is 0 Å². The van der Waals surface area contributed by atoms with Crippen LogP contribution in [-0.2, 0) is 0 Å². The number of hydrogen-bond donors (Lipinski definition) is 2. The summed E-state index contributed by atoms with van der Waals surface area (Å²) in [6, 6.07) is 7.65.